The average Bonchev–Trinajstić information content (AvgIpc) is 3.40. The fourth-order valence-electron chi connectivity index (χ4n) is 3.13. The third kappa shape index (κ3) is 6.20. The van der Waals surface area contributed by atoms with Crippen molar-refractivity contribution in [1.82, 2.24) is 9.97 Å². The topological polar surface area (TPSA) is 130 Å². The van der Waals surface area contributed by atoms with Crippen LogP contribution in [0.25, 0.3) is 0 Å². The minimum atomic E-state index is -3.70. The van der Waals surface area contributed by atoms with E-state index in [9.17, 15) is 13.9 Å². The minimum absolute atomic E-state index is 0.0160. The Morgan fingerprint density at radius 3 is 2.79 bits per heavy atom. The Morgan fingerprint density at radius 1 is 1.09 bits per heavy atom. The van der Waals surface area contributed by atoms with Crippen molar-refractivity contribution in [3.8, 4) is 11.5 Å². The minimum Gasteiger partial charge on any atom is -0.395 e. The highest BCUT2D eigenvalue weighted by atomic mass is 32.1. The Morgan fingerprint density at radius 2 is 1.94 bits per heavy atom. The fraction of sp³-hybridized carbons (Fsp3) is 0.333. The van der Waals surface area contributed by atoms with Crippen LogP contribution >= 0.6 is 11.3 Å². The number of hydrogen-bond acceptors (Lipinski definition) is 11. The molecule has 0 saturated carbocycles. The van der Waals surface area contributed by atoms with E-state index in [1.165, 1.54) is 29.5 Å². The molecule has 4 rings (SSSR count). The van der Waals surface area contributed by atoms with Crippen LogP contribution in [0.3, 0.4) is 0 Å². The summed E-state index contributed by atoms with van der Waals surface area (Å²) in [4.78, 5) is 9.05. The van der Waals surface area contributed by atoms with Gasteiger partial charge in [0.15, 0.2) is 17.7 Å². The lowest BCUT2D eigenvalue weighted by Crippen LogP contribution is -2.25. The van der Waals surface area contributed by atoms with E-state index in [1.54, 1.807) is 11.7 Å². The molecule has 1 aliphatic rings. The third-order valence-electron chi connectivity index (χ3n) is 4.62. The van der Waals surface area contributed by atoms with Gasteiger partial charge in [-0.1, -0.05) is 0 Å². The number of aliphatic hydroxyl groups is 2. The number of hydrogen-bond donors (Lipinski definition) is 5. The van der Waals surface area contributed by atoms with Crippen molar-refractivity contribution in [3.05, 3.63) is 52.5 Å². The Labute approximate surface area is 197 Å². The summed E-state index contributed by atoms with van der Waals surface area (Å²) < 4.78 is 40.4. The summed E-state index contributed by atoms with van der Waals surface area (Å²) in [6.45, 7) is 1.71. The van der Waals surface area contributed by atoms with Crippen LogP contribution in [0.4, 0.5) is 26.1 Å². The van der Waals surface area contributed by atoms with Gasteiger partial charge in [-0.25, -0.2) is 9.97 Å². The highest BCUT2D eigenvalue weighted by molar-refractivity contribution is 7.10. The van der Waals surface area contributed by atoms with E-state index in [0.29, 0.717) is 48.5 Å². The van der Waals surface area contributed by atoms with E-state index >= 15 is 0 Å². The Hall–Kier alpha value is -3.26. The summed E-state index contributed by atoms with van der Waals surface area (Å²) in [5.41, 5.74) is 2.90. The number of pyridine rings is 1. The van der Waals surface area contributed by atoms with Gasteiger partial charge in [-0.2, -0.15) is 0 Å². The maximum absolute atomic E-state index is 13.2. The number of benzene rings is 1. The van der Waals surface area contributed by atoms with Crippen LogP contribution < -0.4 is 25.4 Å². The number of aromatic nitrogens is 2. The lowest BCUT2D eigenvalue weighted by molar-refractivity contribution is -0.286. The largest absolute Gasteiger partial charge is 0.586 e. The van der Waals surface area contributed by atoms with Crippen LogP contribution in [0.2, 0.25) is 0 Å². The van der Waals surface area contributed by atoms with Crippen molar-refractivity contribution in [2.45, 2.75) is 19.1 Å². The molecule has 13 heteroatoms. The van der Waals surface area contributed by atoms with E-state index in [2.05, 4.69) is 35.4 Å². The van der Waals surface area contributed by atoms with Crippen molar-refractivity contribution in [1.29, 1.82) is 0 Å². The Bertz CT molecular complexity index is 1100. The predicted molar refractivity (Wildman–Crippen MR) is 121 cm³/mol. The molecule has 0 radical (unpaired) electrons. The van der Waals surface area contributed by atoms with Crippen LogP contribution in [0.15, 0.2) is 42.0 Å². The molecule has 34 heavy (non-hydrogen) atoms. The van der Waals surface area contributed by atoms with Crippen LogP contribution in [0.1, 0.15) is 16.7 Å². The van der Waals surface area contributed by atoms with E-state index in [0.717, 1.165) is 5.56 Å². The molecule has 5 N–H and O–H groups in total. The van der Waals surface area contributed by atoms with Crippen molar-refractivity contribution in [3.63, 3.8) is 0 Å². The molecular weight excluding hydrogens is 472 g/mol. The molecule has 10 nitrogen and oxygen atoms in total. The second kappa shape index (κ2) is 10.8. The van der Waals surface area contributed by atoms with Crippen molar-refractivity contribution in [2.75, 3.05) is 42.3 Å². The van der Waals surface area contributed by atoms with Crippen molar-refractivity contribution < 1.29 is 33.2 Å². The van der Waals surface area contributed by atoms with E-state index in [1.807, 2.05) is 12.1 Å². The number of halogens is 2. The smallest absolute Gasteiger partial charge is 0.395 e. The summed E-state index contributed by atoms with van der Waals surface area (Å²) in [5, 5.41) is 28.5. The van der Waals surface area contributed by atoms with Crippen molar-refractivity contribution in [2.24, 2.45) is 0 Å². The first-order chi connectivity index (χ1) is 16.4. The zero-order chi connectivity index (χ0) is 24.0. The first kappa shape index (κ1) is 23.9. The van der Waals surface area contributed by atoms with Gasteiger partial charge in [0.05, 0.1) is 30.2 Å². The number of aliphatic hydroxyl groups excluding tert-OH is 2. The molecule has 0 fully saturated rings. The quantitative estimate of drug-likeness (QED) is 0.189. The summed E-state index contributed by atoms with van der Waals surface area (Å²) in [6, 6.07) is 7.89. The highest BCUT2D eigenvalue weighted by Crippen LogP contribution is 2.42. The normalized spacial score (nSPS) is 14.6. The summed E-state index contributed by atoms with van der Waals surface area (Å²) in [7, 11) is 0. The van der Waals surface area contributed by atoms with Gasteiger partial charge < -0.3 is 40.4 Å². The van der Waals surface area contributed by atoms with Crippen LogP contribution in [0, 0.1) is 0 Å². The van der Waals surface area contributed by atoms with Gasteiger partial charge in [0.1, 0.15) is 11.6 Å². The molecule has 0 aliphatic carbocycles. The van der Waals surface area contributed by atoms with Gasteiger partial charge in [-0.05, 0) is 29.8 Å². The van der Waals surface area contributed by atoms with E-state index in [4.69, 9.17) is 9.84 Å². The predicted octanol–water partition coefficient (Wildman–Crippen LogP) is 3.00. The van der Waals surface area contributed by atoms with Crippen LogP contribution in [-0.4, -0.2) is 52.8 Å². The molecule has 182 valence electrons. The second-order valence-electron chi connectivity index (χ2n) is 7.11. The number of alkyl halides is 2. The standard InChI is InChI=1S/C21H23F2N5O5S/c22-21(23)32-15-2-1-14(10-16(15)33-21)28-20(30)18-19(27-12-34-18)26-11-13-3-4-24-17(9-13)25-5-7-31-8-6-29/h1-4,9-10,12,20,26,28-30H,5-8,11H2,(H,24,25). The summed E-state index contributed by atoms with van der Waals surface area (Å²) in [5.74, 6) is 0.975. The van der Waals surface area contributed by atoms with Gasteiger partial charge in [-0.3, -0.25) is 0 Å². The summed E-state index contributed by atoms with van der Waals surface area (Å²) in [6.07, 6.45) is -3.16. The fourth-order valence-corrected chi connectivity index (χ4v) is 3.82. The zero-order valence-electron chi connectivity index (χ0n) is 17.8. The highest BCUT2D eigenvalue weighted by Gasteiger charge is 2.43. The molecule has 0 spiro atoms. The first-order valence-corrected chi connectivity index (χ1v) is 11.2. The molecule has 2 aromatic heterocycles. The Balaban J connectivity index is 1.32. The molecule has 1 unspecified atom stereocenters. The number of nitrogens with one attached hydrogen (secondary N) is 3. The molecule has 0 amide bonds. The van der Waals surface area contributed by atoms with Gasteiger partial charge in [0, 0.05) is 31.0 Å². The van der Waals surface area contributed by atoms with Gasteiger partial charge in [0.2, 0.25) is 0 Å². The zero-order valence-corrected chi connectivity index (χ0v) is 18.6. The van der Waals surface area contributed by atoms with E-state index < -0.39 is 12.5 Å². The van der Waals surface area contributed by atoms with Crippen molar-refractivity contribution >= 4 is 28.7 Å². The second-order valence-corrected chi connectivity index (χ2v) is 7.99. The molecule has 0 bridgehead atoms. The Kier molecular flexibility index (Phi) is 7.57. The summed E-state index contributed by atoms with van der Waals surface area (Å²) >= 11 is 1.24. The first-order valence-electron chi connectivity index (χ1n) is 10.3. The monoisotopic (exact) mass is 495 g/mol. The number of nitrogens with zero attached hydrogens (tertiary/aromatic N) is 2. The van der Waals surface area contributed by atoms with Crippen LogP contribution in [-0.2, 0) is 11.3 Å². The molecule has 0 saturated heterocycles. The third-order valence-corrected chi connectivity index (χ3v) is 5.50. The SMILES string of the molecule is OCCOCCNc1cc(CNc2ncsc2C(O)Nc2ccc3c(c2)OC(F)(F)O3)ccn1. The maximum atomic E-state index is 13.2. The van der Waals surface area contributed by atoms with E-state index in [-0.39, 0.29) is 18.1 Å². The lowest BCUT2D eigenvalue weighted by atomic mass is 10.2. The van der Waals surface area contributed by atoms with Crippen LogP contribution in [0.5, 0.6) is 11.5 Å². The lowest BCUT2D eigenvalue weighted by Gasteiger charge is -2.15. The number of thiazole rings is 1. The number of anilines is 3. The molecule has 3 aromatic rings. The molecule has 1 atom stereocenters. The molecular formula is C21H23F2N5O5S. The maximum Gasteiger partial charge on any atom is 0.586 e. The number of fused-ring (bicyclic) bond motifs is 1. The van der Waals surface area contributed by atoms with Gasteiger partial charge >= 0.3 is 6.29 Å². The number of rotatable bonds is 12. The molecule has 3 heterocycles. The molecule has 1 aliphatic heterocycles. The van der Waals surface area contributed by atoms with Gasteiger partial charge in [0.25, 0.3) is 0 Å². The average molecular weight is 496 g/mol. The molecule has 1 aromatic carbocycles. The van der Waals surface area contributed by atoms with Gasteiger partial charge in [-0.15, -0.1) is 20.1 Å². The number of ether oxygens (including phenoxy) is 3.